The second-order valence-corrected chi connectivity index (χ2v) is 8.02. The number of carboxylic acids is 1. The summed E-state index contributed by atoms with van der Waals surface area (Å²) in [5, 5.41) is 11.9. The Balaban J connectivity index is 2.68. The third-order valence-corrected chi connectivity index (χ3v) is 5.69. The van der Waals surface area contributed by atoms with Gasteiger partial charge in [-0.2, -0.15) is 0 Å². The van der Waals surface area contributed by atoms with E-state index in [1.807, 2.05) is 20.8 Å². The molecule has 1 saturated carbocycles. The van der Waals surface area contributed by atoms with E-state index in [2.05, 4.69) is 5.32 Å². The van der Waals surface area contributed by atoms with Crippen LogP contribution in [0, 0.1) is 17.8 Å². The van der Waals surface area contributed by atoms with Gasteiger partial charge in [0.15, 0.2) is 0 Å². The molecule has 0 radical (unpaired) electrons. The van der Waals surface area contributed by atoms with E-state index in [0.717, 1.165) is 19.3 Å². The van der Waals surface area contributed by atoms with Gasteiger partial charge in [-0.05, 0) is 38.0 Å². The highest BCUT2D eigenvalue weighted by atomic mass is 16.4. The van der Waals surface area contributed by atoms with Crippen LogP contribution < -0.4 is 5.32 Å². The second kappa shape index (κ2) is 11.1. The molecule has 1 rings (SSSR count). The lowest BCUT2D eigenvalue weighted by Crippen LogP contribution is -2.46. The Morgan fingerprint density at radius 2 is 1.78 bits per heavy atom. The fourth-order valence-electron chi connectivity index (χ4n) is 3.93. The van der Waals surface area contributed by atoms with Gasteiger partial charge in [0.25, 0.3) is 0 Å². The number of aliphatic carboxylic acids is 1. The molecule has 1 aliphatic rings. The molecule has 0 aromatic rings. The number of likely N-dealkylation sites (N-methyl/N-ethyl adjacent to an activating group) is 1. The maximum atomic E-state index is 12.6. The smallest absolute Gasteiger partial charge is 0.331 e. The quantitative estimate of drug-likeness (QED) is 0.601. The monoisotopic (exact) mass is 380 g/mol. The van der Waals surface area contributed by atoms with Crippen molar-refractivity contribution in [3.63, 3.8) is 0 Å². The van der Waals surface area contributed by atoms with E-state index in [4.69, 9.17) is 5.11 Å². The van der Waals surface area contributed by atoms with Gasteiger partial charge in [-0.1, -0.05) is 46.1 Å². The van der Waals surface area contributed by atoms with Gasteiger partial charge >= 0.3 is 5.97 Å². The molecule has 1 aliphatic carbocycles. The van der Waals surface area contributed by atoms with Crippen LogP contribution in [0.2, 0.25) is 0 Å². The summed E-state index contributed by atoms with van der Waals surface area (Å²) in [6.07, 6.45) is 8.18. The first-order valence-electron chi connectivity index (χ1n) is 10.1. The summed E-state index contributed by atoms with van der Waals surface area (Å²) in [7, 11) is 1.66. The molecule has 0 aromatic carbocycles. The van der Waals surface area contributed by atoms with Crippen molar-refractivity contribution in [2.75, 3.05) is 13.6 Å². The standard InChI is InChI=1S/C21H36N2O4/c1-6-17(16-10-8-7-9-11-16)20(25)22-13-19(24)23(5)18(14(2)3)12-15(4)21(26)27/h12,14,16-18H,6-11,13H2,1-5H3,(H,22,25)(H,26,27)/b15-12+/t17-,18+/m0/s1. The highest BCUT2D eigenvalue weighted by Gasteiger charge is 2.29. The lowest BCUT2D eigenvalue weighted by molar-refractivity contribution is -0.135. The van der Waals surface area contributed by atoms with E-state index >= 15 is 0 Å². The van der Waals surface area contributed by atoms with Crippen molar-refractivity contribution in [2.45, 2.75) is 72.3 Å². The predicted molar refractivity (Wildman–Crippen MR) is 106 cm³/mol. The molecular formula is C21H36N2O4. The Bertz CT molecular complexity index is 550. The van der Waals surface area contributed by atoms with Gasteiger partial charge < -0.3 is 15.3 Å². The Labute approximate surface area is 163 Å². The zero-order valence-corrected chi connectivity index (χ0v) is 17.5. The first-order chi connectivity index (χ1) is 12.7. The van der Waals surface area contributed by atoms with E-state index in [-0.39, 0.29) is 41.8 Å². The number of carboxylic acid groups (broad SMARTS) is 1. The molecule has 6 heteroatoms. The molecule has 2 N–H and O–H groups in total. The Morgan fingerprint density at radius 1 is 1.19 bits per heavy atom. The molecule has 6 nitrogen and oxygen atoms in total. The van der Waals surface area contributed by atoms with Gasteiger partial charge in [0, 0.05) is 18.5 Å². The van der Waals surface area contributed by atoms with Crippen LogP contribution in [0.25, 0.3) is 0 Å². The van der Waals surface area contributed by atoms with Crippen molar-refractivity contribution in [2.24, 2.45) is 17.8 Å². The molecule has 2 amide bonds. The largest absolute Gasteiger partial charge is 0.478 e. The van der Waals surface area contributed by atoms with Gasteiger partial charge in [0.2, 0.25) is 11.8 Å². The lowest BCUT2D eigenvalue weighted by Gasteiger charge is -2.31. The van der Waals surface area contributed by atoms with Crippen LogP contribution in [-0.4, -0.2) is 47.4 Å². The summed E-state index contributed by atoms with van der Waals surface area (Å²) in [6.45, 7) is 7.38. The fourth-order valence-corrected chi connectivity index (χ4v) is 3.93. The van der Waals surface area contributed by atoms with E-state index in [9.17, 15) is 14.4 Å². The number of nitrogens with zero attached hydrogens (tertiary/aromatic N) is 1. The van der Waals surface area contributed by atoms with Crippen LogP contribution in [0.5, 0.6) is 0 Å². The SMILES string of the molecule is CC[C@H](C(=O)NCC(=O)N(C)[C@H](/C=C(\C)C(=O)O)C(C)C)C1CCCCC1. The minimum absolute atomic E-state index is 0.0292. The first-order valence-corrected chi connectivity index (χ1v) is 10.1. The summed E-state index contributed by atoms with van der Waals surface area (Å²) in [5.74, 6) is -0.790. The van der Waals surface area contributed by atoms with Crippen molar-refractivity contribution < 1.29 is 19.5 Å². The molecule has 0 aliphatic heterocycles. The van der Waals surface area contributed by atoms with E-state index < -0.39 is 5.97 Å². The van der Waals surface area contributed by atoms with Gasteiger partial charge in [-0.25, -0.2) is 4.79 Å². The van der Waals surface area contributed by atoms with Crippen LogP contribution in [0.4, 0.5) is 0 Å². The highest BCUT2D eigenvalue weighted by molar-refractivity contribution is 5.87. The number of hydrogen-bond acceptors (Lipinski definition) is 3. The maximum Gasteiger partial charge on any atom is 0.331 e. The minimum Gasteiger partial charge on any atom is -0.478 e. The second-order valence-electron chi connectivity index (χ2n) is 8.02. The molecular weight excluding hydrogens is 344 g/mol. The predicted octanol–water partition coefficient (Wildman–Crippen LogP) is 3.22. The topological polar surface area (TPSA) is 86.7 Å². The molecule has 0 aromatic heterocycles. The number of carbonyl (C=O) groups is 3. The van der Waals surface area contributed by atoms with Gasteiger partial charge in [0.05, 0.1) is 12.6 Å². The normalized spacial score (nSPS) is 18.1. The van der Waals surface area contributed by atoms with E-state index in [1.165, 1.54) is 31.1 Å². The van der Waals surface area contributed by atoms with Crippen LogP contribution in [0.15, 0.2) is 11.6 Å². The Morgan fingerprint density at radius 3 is 2.26 bits per heavy atom. The van der Waals surface area contributed by atoms with Crippen molar-refractivity contribution in [3.8, 4) is 0 Å². The molecule has 0 heterocycles. The van der Waals surface area contributed by atoms with Crippen LogP contribution in [0.1, 0.15) is 66.2 Å². The Kier molecular flexibility index (Phi) is 9.53. The molecule has 2 atom stereocenters. The Hall–Kier alpha value is -1.85. The number of rotatable bonds is 9. The molecule has 0 spiro atoms. The van der Waals surface area contributed by atoms with Gasteiger partial charge in [0.1, 0.15) is 0 Å². The highest BCUT2D eigenvalue weighted by Crippen LogP contribution is 2.31. The van der Waals surface area contributed by atoms with E-state index in [1.54, 1.807) is 13.1 Å². The summed E-state index contributed by atoms with van der Waals surface area (Å²) in [6, 6.07) is -0.328. The third kappa shape index (κ3) is 7.00. The third-order valence-electron chi connectivity index (χ3n) is 5.69. The number of carbonyl (C=O) groups excluding carboxylic acids is 2. The summed E-state index contributed by atoms with van der Waals surface area (Å²) in [4.78, 5) is 37.8. The minimum atomic E-state index is -0.993. The number of nitrogens with one attached hydrogen (secondary N) is 1. The van der Waals surface area contributed by atoms with Crippen molar-refractivity contribution in [3.05, 3.63) is 11.6 Å². The maximum absolute atomic E-state index is 12.6. The van der Waals surface area contributed by atoms with E-state index in [0.29, 0.717) is 5.92 Å². The average Bonchev–Trinajstić information content (AvgIpc) is 2.64. The molecule has 0 saturated heterocycles. The fraction of sp³-hybridized carbons (Fsp3) is 0.762. The van der Waals surface area contributed by atoms with Crippen LogP contribution in [0.3, 0.4) is 0 Å². The lowest BCUT2D eigenvalue weighted by atomic mass is 9.78. The first kappa shape index (κ1) is 23.2. The average molecular weight is 381 g/mol. The molecule has 27 heavy (non-hydrogen) atoms. The summed E-state index contributed by atoms with van der Waals surface area (Å²) >= 11 is 0. The van der Waals surface area contributed by atoms with Crippen LogP contribution in [-0.2, 0) is 14.4 Å². The van der Waals surface area contributed by atoms with Crippen LogP contribution >= 0.6 is 0 Å². The number of amides is 2. The van der Waals surface area contributed by atoms with Crippen molar-refractivity contribution >= 4 is 17.8 Å². The molecule has 154 valence electrons. The van der Waals surface area contributed by atoms with Gasteiger partial charge in [-0.15, -0.1) is 0 Å². The molecule has 0 bridgehead atoms. The molecule has 1 fully saturated rings. The van der Waals surface area contributed by atoms with Gasteiger partial charge in [-0.3, -0.25) is 9.59 Å². The zero-order chi connectivity index (χ0) is 20.6. The number of hydrogen-bond donors (Lipinski definition) is 2. The molecule has 0 unspecified atom stereocenters. The summed E-state index contributed by atoms with van der Waals surface area (Å²) in [5.41, 5.74) is 0.209. The zero-order valence-electron chi connectivity index (χ0n) is 17.5. The van der Waals surface area contributed by atoms with Crippen molar-refractivity contribution in [1.29, 1.82) is 0 Å². The summed E-state index contributed by atoms with van der Waals surface area (Å²) < 4.78 is 0. The van der Waals surface area contributed by atoms with Crippen molar-refractivity contribution in [1.82, 2.24) is 10.2 Å².